The van der Waals surface area contributed by atoms with Crippen LogP contribution in [0.2, 0.25) is 0 Å². The summed E-state index contributed by atoms with van der Waals surface area (Å²) in [6.45, 7) is 8.63. The smallest absolute Gasteiger partial charge is 0.217 e. The van der Waals surface area contributed by atoms with Gasteiger partial charge in [-0.25, -0.2) is 0 Å². The van der Waals surface area contributed by atoms with Gasteiger partial charge in [-0.1, -0.05) is 0 Å². The highest BCUT2D eigenvalue weighted by molar-refractivity contribution is 5.73. The van der Waals surface area contributed by atoms with Crippen LogP contribution in [0.25, 0.3) is 0 Å². The van der Waals surface area contributed by atoms with Crippen molar-refractivity contribution in [1.29, 1.82) is 0 Å². The molecule has 2 aliphatic heterocycles. The summed E-state index contributed by atoms with van der Waals surface area (Å²) in [5, 5.41) is 11.9. The quantitative estimate of drug-likeness (QED) is 0.806. The van der Waals surface area contributed by atoms with Gasteiger partial charge in [0.05, 0.1) is 19.8 Å². The van der Waals surface area contributed by atoms with Crippen LogP contribution in [0.5, 0.6) is 0 Å². The van der Waals surface area contributed by atoms with E-state index in [4.69, 9.17) is 4.74 Å². The molecule has 0 aromatic carbocycles. The number of likely N-dealkylation sites (tertiary alicyclic amines) is 1. The second kappa shape index (κ2) is 8.24. The Hall–Kier alpha value is -1.51. The predicted octanol–water partition coefficient (Wildman–Crippen LogP) is 0.494. The lowest BCUT2D eigenvalue weighted by molar-refractivity contribution is -0.120. The number of piperidine rings is 1. The number of rotatable bonds is 5. The van der Waals surface area contributed by atoms with E-state index in [1.165, 1.54) is 12.8 Å². The van der Waals surface area contributed by atoms with Crippen molar-refractivity contribution >= 4 is 5.91 Å². The highest BCUT2D eigenvalue weighted by atomic mass is 16.5. The van der Waals surface area contributed by atoms with Gasteiger partial charge in [-0.3, -0.25) is 14.6 Å². The third kappa shape index (κ3) is 4.33. The van der Waals surface area contributed by atoms with Crippen molar-refractivity contribution in [1.82, 2.24) is 29.9 Å². The maximum Gasteiger partial charge on any atom is 0.217 e. The molecule has 27 heavy (non-hydrogen) atoms. The van der Waals surface area contributed by atoms with Gasteiger partial charge in [-0.15, -0.1) is 10.2 Å². The molecular weight excluding hydrogens is 344 g/mol. The zero-order valence-corrected chi connectivity index (χ0v) is 16.6. The Morgan fingerprint density at radius 1 is 1.15 bits per heavy atom. The summed E-state index contributed by atoms with van der Waals surface area (Å²) >= 11 is 0. The lowest BCUT2D eigenvalue weighted by atomic mass is 9.79. The van der Waals surface area contributed by atoms with Crippen molar-refractivity contribution in [2.24, 2.45) is 7.05 Å². The molecular formula is C19H32N6O2. The fourth-order valence-electron chi connectivity index (χ4n) is 4.69. The number of carbonyl (C=O) groups excluding carboxylic acids is 1. The largest absolute Gasteiger partial charge is 0.379 e. The van der Waals surface area contributed by atoms with Crippen molar-refractivity contribution in [2.45, 2.75) is 57.2 Å². The Labute approximate surface area is 161 Å². The standard InChI is InChI=1S/C19H32N6O2/c1-14(26)20-16-11-15(12-16)19-22-21-18(23(19)2)13-24-5-3-17(4-6-24)25-7-9-27-10-8-25/h15-17H,3-13H2,1-2H3,(H,20,26). The van der Waals surface area contributed by atoms with E-state index >= 15 is 0 Å². The number of aromatic nitrogens is 3. The van der Waals surface area contributed by atoms with Crippen molar-refractivity contribution in [3.63, 3.8) is 0 Å². The number of amides is 1. The lowest BCUT2D eigenvalue weighted by Gasteiger charge is -2.40. The van der Waals surface area contributed by atoms with Gasteiger partial charge in [0.25, 0.3) is 0 Å². The second-order valence-electron chi connectivity index (χ2n) is 8.25. The molecule has 1 aliphatic carbocycles. The Balaban J connectivity index is 1.26. The Morgan fingerprint density at radius 2 is 1.85 bits per heavy atom. The SMILES string of the molecule is CC(=O)NC1CC(c2nnc(CN3CCC(N4CCOCC4)CC3)n2C)C1. The minimum absolute atomic E-state index is 0.0533. The number of nitrogens with one attached hydrogen (secondary N) is 1. The van der Waals surface area contributed by atoms with E-state index in [-0.39, 0.29) is 5.91 Å². The molecule has 0 radical (unpaired) electrons. The molecule has 0 atom stereocenters. The van der Waals surface area contributed by atoms with E-state index in [1.807, 2.05) is 0 Å². The van der Waals surface area contributed by atoms with Crippen LogP contribution in [0.3, 0.4) is 0 Å². The zero-order valence-electron chi connectivity index (χ0n) is 16.6. The van der Waals surface area contributed by atoms with Gasteiger partial charge in [0, 0.05) is 58.2 Å². The summed E-state index contributed by atoms with van der Waals surface area (Å²) in [7, 11) is 2.08. The van der Waals surface area contributed by atoms with Gasteiger partial charge in [0.1, 0.15) is 11.6 Å². The molecule has 0 bridgehead atoms. The van der Waals surface area contributed by atoms with Crippen LogP contribution >= 0.6 is 0 Å². The molecule has 8 heteroatoms. The Kier molecular flexibility index (Phi) is 5.75. The molecule has 0 spiro atoms. The number of ether oxygens (including phenoxy) is 1. The third-order valence-corrected chi connectivity index (χ3v) is 6.39. The first-order chi connectivity index (χ1) is 13.1. The first-order valence-electron chi connectivity index (χ1n) is 10.3. The molecule has 4 rings (SSSR count). The van der Waals surface area contributed by atoms with Crippen molar-refractivity contribution in [3.05, 3.63) is 11.6 Å². The van der Waals surface area contributed by atoms with E-state index < -0.39 is 0 Å². The van der Waals surface area contributed by atoms with Gasteiger partial charge < -0.3 is 14.6 Å². The summed E-state index contributed by atoms with van der Waals surface area (Å²) in [6, 6.07) is 1.01. The predicted molar refractivity (Wildman–Crippen MR) is 101 cm³/mol. The average molecular weight is 377 g/mol. The first kappa shape index (κ1) is 18.8. The van der Waals surface area contributed by atoms with Crippen molar-refractivity contribution in [3.8, 4) is 0 Å². The van der Waals surface area contributed by atoms with Crippen LogP contribution in [0.15, 0.2) is 0 Å². The number of hydrogen-bond donors (Lipinski definition) is 1. The van der Waals surface area contributed by atoms with Crippen LogP contribution in [-0.2, 0) is 23.1 Å². The van der Waals surface area contributed by atoms with E-state index in [0.29, 0.717) is 18.0 Å². The molecule has 8 nitrogen and oxygen atoms in total. The van der Waals surface area contributed by atoms with Crippen molar-refractivity contribution < 1.29 is 9.53 Å². The monoisotopic (exact) mass is 376 g/mol. The molecule has 0 unspecified atom stereocenters. The van der Waals surface area contributed by atoms with Gasteiger partial charge in [0.2, 0.25) is 5.91 Å². The maximum atomic E-state index is 11.1. The summed E-state index contributed by atoms with van der Waals surface area (Å²) in [6.07, 6.45) is 4.39. The first-order valence-corrected chi connectivity index (χ1v) is 10.3. The normalized spacial score (nSPS) is 28.1. The van der Waals surface area contributed by atoms with Gasteiger partial charge in [-0.05, 0) is 25.7 Å². The van der Waals surface area contributed by atoms with Crippen LogP contribution < -0.4 is 5.32 Å². The number of carbonyl (C=O) groups is 1. The molecule has 1 saturated carbocycles. The molecule has 1 aromatic rings. The second-order valence-corrected chi connectivity index (χ2v) is 8.25. The summed E-state index contributed by atoms with van der Waals surface area (Å²) in [4.78, 5) is 16.3. The lowest BCUT2D eigenvalue weighted by Crippen LogP contribution is -2.48. The third-order valence-electron chi connectivity index (χ3n) is 6.39. The van der Waals surface area contributed by atoms with Gasteiger partial charge in [0.15, 0.2) is 0 Å². The van der Waals surface area contributed by atoms with Crippen LogP contribution in [-0.4, -0.2) is 81.9 Å². The van der Waals surface area contributed by atoms with Crippen LogP contribution in [0, 0.1) is 0 Å². The van der Waals surface area contributed by atoms with Gasteiger partial charge in [-0.2, -0.15) is 0 Å². The number of hydrogen-bond acceptors (Lipinski definition) is 6. The Bertz CT molecular complexity index is 643. The zero-order chi connectivity index (χ0) is 18.8. The topological polar surface area (TPSA) is 75.5 Å². The summed E-state index contributed by atoms with van der Waals surface area (Å²) in [5.74, 6) is 2.59. The molecule has 3 aliphatic rings. The molecule has 3 fully saturated rings. The fourth-order valence-corrected chi connectivity index (χ4v) is 4.69. The van der Waals surface area contributed by atoms with Crippen LogP contribution in [0.1, 0.15) is 50.2 Å². The van der Waals surface area contributed by atoms with Gasteiger partial charge >= 0.3 is 0 Å². The van der Waals surface area contributed by atoms with Crippen LogP contribution in [0.4, 0.5) is 0 Å². The molecule has 150 valence electrons. The average Bonchev–Trinajstić information content (AvgIpc) is 2.99. The van der Waals surface area contributed by atoms with E-state index in [9.17, 15) is 4.79 Å². The number of nitrogens with zero attached hydrogens (tertiary/aromatic N) is 5. The minimum Gasteiger partial charge on any atom is -0.379 e. The van der Waals surface area contributed by atoms with E-state index in [0.717, 1.165) is 70.4 Å². The molecule has 1 N–H and O–H groups in total. The molecule has 2 saturated heterocycles. The summed E-state index contributed by atoms with van der Waals surface area (Å²) < 4.78 is 7.64. The summed E-state index contributed by atoms with van der Waals surface area (Å²) in [5.41, 5.74) is 0. The van der Waals surface area contributed by atoms with E-state index in [1.54, 1.807) is 6.92 Å². The van der Waals surface area contributed by atoms with E-state index in [2.05, 4.69) is 36.9 Å². The number of morpholine rings is 1. The van der Waals surface area contributed by atoms with Crippen molar-refractivity contribution in [2.75, 3.05) is 39.4 Å². The molecule has 3 heterocycles. The minimum atomic E-state index is 0.0533. The fraction of sp³-hybridized carbons (Fsp3) is 0.842. The Morgan fingerprint density at radius 3 is 2.52 bits per heavy atom. The maximum absolute atomic E-state index is 11.1. The highest BCUT2D eigenvalue weighted by Gasteiger charge is 2.34. The highest BCUT2D eigenvalue weighted by Crippen LogP contribution is 2.36. The molecule has 1 amide bonds. The molecule has 1 aromatic heterocycles.